The van der Waals surface area contributed by atoms with Crippen LogP contribution in [0.4, 0.5) is 4.39 Å². The Kier molecular flexibility index (Phi) is 4.66. The molecule has 0 unspecified atom stereocenters. The maximum atomic E-state index is 13.4. The summed E-state index contributed by atoms with van der Waals surface area (Å²) in [6.07, 6.45) is 0. The SMILES string of the molecule is COc1ccc(Oc2cc(F)cc(CCl)c2)c(Br)c1. The van der Waals surface area contributed by atoms with Crippen molar-refractivity contribution >= 4 is 27.5 Å². The van der Waals surface area contributed by atoms with Crippen LogP contribution in [0.15, 0.2) is 40.9 Å². The molecule has 0 bridgehead atoms. The van der Waals surface area contributed by atoms with E-state index in [1.54, 1.807) is 31.4 Å². The molecule has 0 radical (unpaired) electrons. The molecule has 0 amide bonds. The van der Waals surface area contributed by atoms with E-state index in [-0.39, 0.29) is 11.7 Å². The number of methoxy groups -OCH3 is 1. The molecule has 0 aromatic heterocycles. The zero-order valence-electron chi connectivity index (χ0n) is 10.1. The van der Waals surface area contributed by atoms with E-state index >= 15 is 0 Å². The van der Waals surface area contributed by atoms with Crippen LogP contribution in [0.25, 0.3) is 0 Å². The number of hydrogen-bond acceptors (Lipinski definition) is 2. The van der Waals surface area contributed by atoms with Crippen molar-refractivity contribution in [3.8, 4) is 17.2 Å². The normalized spacial score (nSPS) is 10.3. The summed E-state index contributed by atoms with van der Waals surface area (Å²) in [5.41, 5.74) is 0.668. The Hall–Kier alpha value is -1.26. The number of alkyl halides is 1. The van der Waals surface area contributed by atoms with Gasteiger partial charge >= 0.3 is 0 Å². The molecule has 2 rings (SSSR count). The Morgan fingerprint density at radius 3 is 2.58 bits per heavy atom. The van der Waals surface area contributed by atoms with E-state index in [0.717, 1.165) is 4.47 Å². The molecule has 0 aliphatic heterocycles. The largest absolute Gasteiger partial charge is 0.497 e. The fraction of sp³-hybridized carbons (Fsp3) is 0.143. The van der Waals surface area contributed by atoms with Gasteiger partial charge in [0, 0.05) is 11.9 Å². The molecule has 0 atom stereocenters. The van der Waals surface area contributed by atoms with Crippen LogP contribution in [-0.2, 0) is 5.88 Å². The Bertz CT molecular complexity index is 590. The number of ether oxygens (including phenoxy) is 2. The Labute approximate surface area is 124 Å². The molecule has 0 aliphatic rings. The van der Waals surface area contributed by atoms with Gasteiger partial charge in [-0.05, 0) is 51.8 Å². The first-order valence-electron chi connectivity index (χ1n) is 5.49. The smallest absolute Gasteiger partial charge is 0.141 e. The molecule has 0 aliphatic carbocycles. The van der Waals surface area contributed by atoms with Gasteiger partial charge in [-0.25, -0.2) is 4.39 Å². The van der Waals surface area contributed by atoms with Gasteiger partial charge in [0.25, 0.3) is 0 Å². The van der Waals surface area contributed by atoms with Crippen LogP contribution in [0.5, 0.6) is 17.2 Å². The summed E-state index contributed by atoms with van der Waals surface area (Å²) in [6, 6.07) is 9.68. The van der Waals surface area contributed by atoms with Crippen LogP contribution in [-0.4, -0.2) is 7.11 Å². The molecular weight excluding hydrogens is 335 g/mol. The lowest BCUT2D eigenvalue weighted by Crippen LogP contribution is -1.90. The highest BCUT2D eigenvalue weighted by atomic mass is 79.9. The second-order valence-corrected chi connectivity index (χ2v) is 4.95. The molecule has 0 spiro atoms. The second kappa shape index (κ2) is 6.26. The molecule has 2 nitrogen and oxygen atoms in total. The minimum atomic E-state index is -0.377. The van der Waals surface area contributed by atoms with E-state index in [9.17, 15) is 4.39 Å². The maximum Gasteiger partial charge on any atom is 0.141 e. The molecule has 0 saturated heterocycles. The van der Waals surface area contributed by atoms with Crippen molar-refractivity contribution in [2.45, 2.75) is 5.88 Å². The lowest BCUT2D eigenvalue weighted by molar-refractivity contribution is 0.412. The van der Waals surface area contributed by atoms with Gasteiger partial charge in [-0.3, -0.25) is 0 Å². The third-order valence-electron chi connectivity index (χ3n) is 2.45. The maximum absolute atomic E-state index is 13.4. The fourth-order valence-corrected chi connectivity index (χ4v) is 2.17. The predicted octanol–water partition coefficient (Wildman–Crippen LogP) is 5.13. The summed E-state index contributed by atoms with van der Waals surface area (Å²) in [5.74, 6) is 1.55. The van der Waals surface area contributed by atoms with E-state index in [1.165, 1.54) is 12.1 Å². The van der Waals surface area contributed by atoms with E-state index in [1.807, 2.05) is 0 Å². The van der Waals surface area contributed by atoms with Gasteiger partial charge in [0.05, 0.1) is 11.6 Å². The lowest BCUT2D eigenvalue weighted by atomic mass is 10.2. The number of halogens is 3. The summed E-state index contributed by atoms with van der Waals surface area (Å²) < 4.78 is 24.8. The quantitative estimate of drug-likeness (QED) is 0.715. The van der Waals surface area contributed by atoms with Gasteiger partial charge in [0.2, 0.25) is 0 Å². The van der Waals surface area contributed by atoms with Crippen molar-refractivity contribution in [2.24, 2.45) is 0 Å². The molecule has 0 heterocycles. The van der Waals surface area contributed by atoms with Gasteiger partial charge in [-0.2, -0.15) is 0 Å². The van der Waals surface area contributed by atoms with Crippen molar-refractivity contribution in [2.75, 3.05) is 7.11 Å². The summed E-state index contributed by atoms with van der Waals surface area (Å²) in [4.78, 5) is 0. The van der Waals surface area contributed by atoms with E-state index in [2.05, 4.69) is 15.9 Å². The van der Waals surface area contributed by atoms with E-state index in [4.69, 9.17) is 21.1 Å². The molecule has 5 heteroatoms. The highest BCUT2D eigenvalue weighted by Crippen LogP contribution is 2.33. The first kappa shape index (κ1) is 14.2. The molecule has 2 aromatic rings. The standard InChI is InChI=1S/C14H11BrClFO2/c1-18-11-2-3-14(13(15)7-11)19-12-5-9(8-16)4-10(17)6-12/h2-7H,8H2,1H3. The minimum Gasteiger partial charge on any atom is -0.497 e. The summed E-state index contributed by atoms with van der Waals surface area (Å²) in [5, 5.41) is 0. The van der Waals surface area contributed by atoms with Gasteiger partial charge < -0.3 is 9.47 Å². The number of benzene rings is 2. The average Bonchev–Trinajstić information content (AvgIpc) is 2.40. The van der Waals surface area contributed by atoms with Crippen molar-refractivity contribution in [1.82, 2.24) is 0 Å². The van der Waals surface area contributed by atoms with Crippen LogP contribution >= 0.6 is 27.5 Å². The van der Waals surface area contributed by atoms with Gasteiger partial charge in [0.15, 0.2) is 0 Å². The van der Waals surface area contributed by atoms with Gasteiger partial charge in [0.1, 0.15) is 23.1 Å². The first-order chi connectivity index (χ1) is 9.12. The average molecular weight is 346 g/mol. The van der Waals surface area contributed by atoms with Crippen LogP contribution in [0, 0.1) is 5.82 Å². The van der Waals surface area contributed by atoms with Crippen LogP contribution in [0.2, 0.25) is 0 Å². The zero-order valence-corrected chi connectivity index (χ0v) is 12.5. The molecule has 0 saturated carbocycles. The third-order valence-corrected chi connectivity index (χ3v) is 3.38. The minimum absolute atomic E-state index is 0.234. The van der Waals surface area contributed by atoms with Crippen LogP contribution in [0.1, 0.15) is 5.56 Å². The Balaban J connectivity index is 2.28. The van der Waals surface area contributed by atoms with Crippen LogP contribution < -0.4 is 9.47 Å². The van der Waals surface area contributed by atoms with E-state index < -0.39 is 0 Å². The molecule has 19 heavy (non-hydrogen) atoms. The third kappa shape index (κ3) is 3.61. The molecule has 0 N–H and O–H groups in total. The molecule has 0 fully saturated rings. The van der Waals surface area contributed by atoms with Crippen molar-refractivity contribution in [3.05, 3.63) is 52.3 Å². The molecule has 100 valence electrons. The molecular formula is C14H11BrClFO2. The Morgan fingerprint density at radius 2 is 1.95 bits per heavy atom. The van der Waals surface area contributed by atoms with Gasteiger partial charge in [-0.15, -0.1) is 11.6 Å². The first-order valence-corrected chi connectivity index (χ1v) is 6.82. The highest BCUT2D eigenvalue weighted by Gasteiger charge is 2.07. The lowest BCUT2D eigenvalue weighted by Gasteiger charge is -2.10. The topological polar surface area (TPSA) is 18.5 Å². The van der Waals surface area contributed by atoms with Crippen molar-refractivity contribution in [1.29, 1.82) is 0 Å². The van der Waals surface area contributed by atoms with Crippen molar-refractivity contribution in [3.63, 3.8) is 0 Å². The fourth-order valence-electron chi connectivity index (χ4n) is 1.58. The number of hydrogen-bond donors (Lipinski definition) is 0. The number of rotatable bonds is 4. The van der Waals surface area contributed by atoms with E-state index in [0.29, 0.717) is 22.8 Å². The monoisotopic (exact) mass is 344 g/mol. The van der Waals surface area contributed by atoms with Crippen molar-refractivity contribution < 1.29 is 13.9 Å². The highest BCUT2D eigenvalue weighted by molar-refractivity contribution is 9.10. The van der Waals surface area contributed by atoms with Crippen LogP contribution in [0.3, 0.4) is 0 Å². The zero-order chi connectivity index (χ0) is 13.8. The molecule has 2 aromatic carbocycles. The summed E-state index contributed by atoms with van der Waals surface area (Å²) in [6.45, 7) is 0. The summed E-state index contributed by atoms with van der Waals surface area (Å²) >= 11 is 9.07. The second-order valence-electron chi connectivity index (χ2n) is 3.83. The summed E-state index contributed by atoms with van der Waals surface area (Å²) in [7, 11) is 1.58. The van der Waals surface area contributed by atoms with Gasteiger partial charge in [-0.1, -0.05) is 0 Å². The Morgan fingerprint density at radius 1 is 1.16 bits per heavy atom. The predicted molar refractivity (Wildman–Crippen MR) is 76.7 cm³/mol.